The van der Waals surface area contributed by atoms with Crippen LogP contribution >= 0.6 is 0 Å². The van der Waals surface area contributed by atoms with E-state index in [4.69, 9.17) is 30.0 Å². The van der Waals surface area contributed by atoms with E-state index in [-0.39, 0.29) is 0 Å². The zero-order valence-corrected chi connectivity index (χ0v) is 43.5. The van der Waals surface area contributed by atoms with Crippen LogP contribution in [0.1, 0.15) is 285 Å². The Morgan fingerprint density at radius 3 is 0.500 bits per heavy atom. The Morgan fingerprint density at radius 1 is 0.290 bits per heavy atom. The maximum Gasteiger partial charge on any atom is 0.503 e. The van der Waals surface area contributed by atoms with Gasteiger partial charge in [-0.15, -0.1) is 0 Å². The fourth-order valence-corrected chi connectivity index (χ4v) is 8.33. The van der Waals surface area contributed by atoms with Crippen LogP contribution in [-0.4, -0.2) is 85.9 Å². The smallest absolute Gasteiger partial charge is 0.503 e. The molecule has 0 aromatic heterocycles. The molecule has 0 aromatic carbocycles. The topological polar surface area (TPSA) is 121 Å². The van der Waals surface area contributed by atoms with Gasteiger partial charge >= 0.3 is 6.16 Å². The second-order valence-electron chi connectivity index (χ2n) is 20.0. The molecular weight excluding hydrogens is 773 g/mol. The molecule has 0 aromatic rings. The summed E-state index contributed by atoms with van der Waals surface area (Å²) in [6.07, 6.45) is 53.8. The van der Waals surface area contributed by atoms with Gasteiger partial charge in [-0.25, -0.2) is 4.79 Å². The lowest BCUT2D eigenvalue weighted by Gasteiger charge is -2.30. The molecule has 0 heterocycles. The van der Waals surface area contributed by atoms with Crippen LogP contribution in [0, 0.1) is 0 Å². The van der Waals surface area contributed by atoms with Crippen molar-refractivity contribution in [2.75, 3.05) is 54.4 Å². The first-order valence-corrected chi connectivity index (χ1v) is 27.1. The highest BCUT2D eigenvalue weighted by Gasteiger charge is 2.14. The summed E-state index contributed by atoms with van der Waals surface area (Å²) in [6, 6.07) is 0. The monoisotopic (exact) mass is 887 g/mol. The Balaban J connectivity index is -0.000000461. The van der Waals surface area contributed by atoms with Crippen molar-refractivity contribution in [2.45, 2.75) is 285 Å². The zero-order valence-electron chi connectivity index (χ0n) is 43.5. The molecule has 0 saturated carbocycles. The van der Waals surface area contributed by atoms with Crippen molar-refractivity contribution in [2.24, 2.45) is 0 Å². The molecule has 62 heavy (non-hydrogen) atoms. The van der Waals surface area contributed by atoms with Crippen LogP contribution in [0.5, 0.6) is 0 Å². The van der Waals surface area contributed by atoms with Gasteiger partial charge in [0.1, 0.15) is 0 Å². The highest BCUT2D eigenvalue weighted by Crippen LogP contribution is 2.16. The van der Waals surface area contributed by atoms with E-state index in [0.29, 0.717) is 0 Å². The predicted octanol–water partition coefficient (Wildman–Crippen LogP) is 15.6. The standard InChI is InChI=1S/2C26H56N.2CH2O3/c2*1-5-7-9-11-13-15-17-19-21-23-25-27(3,4)26-24-22-20-18-16-14-12-10-8-6-2;2*2-1(3)4/h2*5-26H2,1-4H3;2*(H2,2,3,4)/q2*+1;;/p-2. The van der Waals surface area contributed by atoms with Crippen LogP contribution in [0.2, 0.25) is 0 Å². The number of rotatable bonds is 44. The third kappa shape index (κ3) is 75.8. The van der Waals surface area contributed by atoms with E-state index in [1.807, 2.05) is 0 Å². The summed E-state index contributed by atoms with van der Waals surface area (Å²) < 4.78 is 2.49. The largest absolute Gasteiger partial charge is 0.652 e. The Bertz CT molecular complexity index is 725. The van der Waals surface area contributed by atoms with Gasteiger partial charge in [0.2, 0.25) is 0 Å². The average molecular weight is 888 g/mol. The molecule has 8 heteroatoms. The minimum Gasteiger partial charge on any atom is -0.652 e. The first kappa shape index (κ1) is 67.1. The summed E-state index contributed by atoms with van der Waals surface area (Å²) in [4.78, 5) is 16.9. The lowest BCUT2D eigenvalue weighted by atomic mass is 10.1. The molecule has 0 bridgehead atoms. The first-order valence-electron chi connectivity index (χ1n) is 27.1. The SMILES string of the molecule is CCCCCCCCCCCC[N+](C)(C)CCCCCCCCCCCC.CCCCCCCCCCCC[N+](C)(C)CCCCCCCCCCCC.O=C(O)O.O=C([O-])[O-]. The van der Waals surface area contributed by atoms with Gasteiger partial charge in [-0.1, -0.05) is 233 Å². The summed E-state index contributed by atoms with van der Waals surface area (Å²) in [5.74, 6) is 0. The highest BCUT2D eigenvalue weighted by molar-refractivity contribution is 5.53. The van der Waals surface area contributed by atoms with E-state index in [1.54, 1.807) is 0 Å². The minimum absolute atomic E-state index is 1.24. The van der Waals surface area contributed by atoms with E-state index >= 15 is 0 Å². The van der Waals surface area contributed by atoms with E-state index in [1.165, 1.54) is 292 Å². The Hall–Kier alpha value is -1.54. The van der Waals surface area contributed by atoms with Crippen LogP contribution in [0.3, 0.4) is 0 Å². The predicted molar refractivity (Wildman–Crippen MR) is 267 cm³/mol. The van der Waals surface area contributed by atoms with Crippen LogP contribution < -0.4 is 10.2 Å². The van der Waals surface area contributed by atoms with Crippen molar-refractivity contribution >= 4 is 12.3 Å². The van der Waals surface area contributed by atoms with Gasteiger partial charge in [-0.05, 0) is 57.5 Å². The molecule has 0 atom stereocenters. The maximum absolute atomic E-state index is 8.56. The fraction of sp³-hybridized carbons (Fsp3) is 0.963. The number of carbonyl (C=O) groups is 2. The van der Waals surface area contributed by atoms with Gasteiger partial charge in [0.15, 0.2) is 0 Å². The average Bonchev–Trinajstić information content (AvgIpc) is 3.20. The van der Waals surface area contributed by atoms with Crippen molar-refractivity contribution in [3.63, 3.8) is 0 Å². The van der Waals surface area contributed by atoms with E-state index in [2.05, 4.69) is 55.9 Å². The van der Waals surface area contributed by atoms with E-state index in [9.17, 15) is 0 Å². The lowest BCUT2D eigenvalue weighted by Crippen LogP contribution is -2.41. The van der Waals surface area contributed by atoms with Gasteiger partial charge in [0.05, 0.1) is 54.4 Å². The van der Waals surface area contributed by atoms with Crippen LogP contribution in [0.4, 0.5) is 9.59 Å². The summed E-state index contributed by atoms with van der Waals surface area (Å²) in [7, 11) is 9.78. The highest BCUT2D eigenvalue weighted by atomic mass is 16.6. The van der Waals surface area contributed by atoms with Gasteiger partial charge in [0.25, 0.3) is 0 Å². The molecule has 0 spiro atoms. The zero-order chi connectivity index (χ0) is 47.3. The molecule has 0 unspecified atom stereocenters. The number of quaternary nitrogens is 2. The summed E-state index contributed by atoms with van der Waals surface area (Å²) in [6.45, 7) is 14.7. The maximum atomic E-state index is 8.56. The lowest BCUT2D eigenvalue weighted by molar-refractivity contribution is -0.890. The second-order valence-corrected chi connectivity index (χ2v) is 20.0. The molecule has 0 amide bonds. The van der Waals surface area contributed by atoms with Gasteiger partial charge in [0, 0.05) is 0 Å². The fourth-order valence-electron chi connectivity index (χ4n) is 8.33. The number of unbranched alkanes of at least 4 members (excludes halogenated alkanes) is 36. The van der Waals surface area contributed by atoms with Gasteiger partial charge in [-0.3, -0.25) is 0 Å². The number of carboxylic acid groups (broad SMARTS) is 4. The van der Waals surface area contributed by atoms with Crippen molar-refractivity contribution in [3.8, 4) is 0 Å². The van der Waals surface area contributed by atoms with E-state index in [0.717, 1.165) is 0 Å². The summed E-state index contributed by atoms with van der Waals surface area (Å²) >= 11 is 0. The van der Waals surface area contributed by atoms with Gasteiger partial charge < -0.3 is 34.2 Å². The Kier molecular flexibility index (Phi) is 60.1. The third-order valence-corrected chi connectivity index (χ3v) is 12.5. The van der Waals surface area contributed by atoms with Gasteiger partial charge in [-0.2, -0.15) is 0 Å². The summed E-state index contributed by atoms with van der Waals surface area (Å²) in [5.41, 5.74) is 0. The van der Waals surface area contributed by atoms with Crippen molar-refractivity contribution in [1.29, 1.82) is 0 Å². The Labute approximate surface area is 389 Å². The summed E-state index contributed by atoms with van der Waals surface area (Å²) in [5, 5.41) is 30.6. The third-order valence-electron chi connectivity index (χ3n) is 12.5. The molecule has 0 aliphatic carbocycles. The van der Waals surface area contributed by atoms with Crippen molar-refractivity contribution in [1.82, 2.24) is 0 Å². The quantitative estimate of drug-likeness (QED) is 0.0464. The first-order chi connectivity index (χ1) is 29.7. The minimum atomic E-state index is -2.33. The molecule has 2 N–H and O–H groups in total. The number of nitrogens with zero attached hydrogens (tertiary/aromatic N) is 2. The molecule has 376 valence electrons. The molecule has 8 nitrogen and oxygen atoms in total. The van der Waals surface area contributed by atoms with E-state index < -0.39 is 12.3 Å². The number of hydrogen-bond donors (Lipinski definition) is 2. The molecule has 0 aliphatic heterocycles. The number of carbonyl (C=O) groups excluding carboxylic acids is 1. The van der Waals surface area contributed by atoms with Crippen LogP contribution in [-0.2, 0) is 0 Å². The molecule has 0 rings (SSSR count). The number of hydrogen-bond acceptors (Lipinski definition) is 4. The normalized spacial score (nSPS) is 11.2. The van der Waals surface area contributed by atoms with Crippen molar-refractivity contribution < 1.29 is 39.0 Å². The van der Waals surface area contributed by atoms with Crippen LogP contribution in [0.25, 0.3) is 0 Å². The molecule has 0 fully saturated rings. The Morgan fingerprint density at radius 2 is 0.387 bits per heavy atom. The molecule has 0 aliphatic rings. The van der Waals surface area contributed by atoms with Crippen LogP contribution in [0.15, 0.2) is 0 Å². The molecule has 0 radical (unpaired) electrons. The molecule has 0 saturated heterocycles. The molecular formula is C54H114N2O6. The van der Waals surface area contributed by atoms with Crippen molar-refractivity contribution in [3.05, 3.63) is 0 Å². The second kappa shape index (κ2) is 55.6.